The first kappa shape index (κ1) is 13.4. The second-order valence-corrected chi connectivity index (χ2v) is 5.06. The maximum Gasteiger partial charge on any atom is 0.119 e. The first-order chi connectivity index (χ1) is 8.83. The third-order valence-corrected chi connectivity index (χ3v) is 3.76. The maximum absolute atomic E-state index is 5.76. The van der Waals surface area contributed by atoms with Gasteiger partial charge in [0.1, 0.15) is 5.75 Å². The van der Waals surface area contributed by atoms with Gasteiger partial charge < -0.3 is 15.4 Å². The van der Waals surface area contributed by atoms with Gasteiger partial charge in [-0.1, -0.05) is 12.1 Å². The SMILES string of the molecule is COc1cccc(C(CCN)CN2CCCC2)c1. The van der Waals surface area contributed by atoms with E-state index in [1.165, 1.54) is 31.5 Å². The summed E-state index contributed by atoms with van der Waals surface area (Å²) < 4.78 is 5.31. The highest BCUT2D eigenvalue weighted by Gasteiger charge is 2.18. The van der Waals surface area contributed by atoms with Crippen molar-refractivity contribution in [3.63, 3.8) is 0 Å². The van der Waals surface area contributed by atoms with E-state index in [0.29, 0.717) is 5.92 Å². The Bertz CT molecular complexity index is 361. The minimum absolute atomic E-state index is 0.531. The van der Waals surface area contributed by atoms with Gasteiger partial charge in [-0.05, 0) is 62.5 Å². The summed E-state index contributed by atoms with van der Waals surface area (Å²) in [5.41, 5.74) is 7.12. The molecule has 1 unspecified atom stereocenters. The lowest BCUT2D eigenvalue weighted by Gasteiger charge is -2.23. The highest BCUT2D eigenvalue weighted by molar-refractivity contribution is 5.31. The van der Waals surface area contributed by atoms with E-state index in [2.05, 4.69) is 23.1 Å². The molecule has 3 heteroatoms. The molecule has 1 aliphatic heterocycles. The minimum atomic E-state index is 0.531. The summed E-state index contributed by atoms with van der Waals surface area (Å²) >= 11 is 0. The van der Waals surface area contributed by atoms with Crippen LogP contribution in [-0.4, -0.2) is 38.2 Å². The van der Waals surface area contributed by atoms with E-state index in [1.54, 1.807) is 7.11 Å². The second-order valence-electron chi connectivity index (χ2n) is 5.06. The van der Waals surface area contributed by atoms with Gasteiger partial charge in [0, 0.05) is 6.54 Å². The van der Waals surface area contributed by atoms with Crippen molar-refractivity contribution in [2.75, 3.05) is 33.3 Å². The monoisotopic (exact) mass is 248 g/mol. The molecule has 0 amide bonds. The maximum atomic E-state index is 5.76. The zero-order valence-corrected chi connectivity index (χ0v) is 11.3. The third-order valence-electron chi connectivity index (χ3n) is 3.76. The Balaban J connectivity index is 2.06. The molecule has 18 heavy (non-hydrogen) atoms. The number of hydrogen-bond acceptors (Lipinski definition) is 3. The predicted molar refractivity (Wildman–Crippen MR) is 75.1 cm³/mol. The van der Waals surface area contributed by atoms with Crippen LogP contribution in [0.25, 0.3) is 0 Å². The molecule has 2 rings (SSSR count). The molecule has 1 saturated heterocycles. The van der Waals surface area contributed by atoms with Crippen molar-refractivity contribution in [1.82, 2.24) is 4.90 Å². The van der Waals surface area contributed by atoms with Crippen LogP contribution in [0.15, 0.2) is 24.3 Å². The van der Waals surface area contributed by atoms with Crippen LogP contribution in [0.2, 0.25) is 0 Å². The van der Waals surface area contributed by atoms with Gasteiger partial charge in [-0.3, -0.25) is 0 Å². The predicted octanol–water partition coefficient (Wildman–Crippen LogP) is 2.22. The van der Waals surface area contributed by atoms with Gasteiger partial charge in [0.2, 0.25) is 0 Å². The van der Waals surface area contributed by atoms with Crippen molar-refractivity contribution in [1.29, 1.82) is 0 Å². The van der Waals surface area contributed by atoms with Gasteiger partial charge >= 0.3 is 0 Å². The van der Waals surface area contributed by atoms with Crippen LogP contribution in [0.3, 0.4) is 0 Å². The number of nitrogens with two attached hydrogens (primary N) is 1. The molecule has 0 spiro atoms. The van der Waals surface area contributed by atoms with E-state index < -0.39 is 0 Å². The summed E-state index contributed by atoms with van der Waals surface area (Å²) in [7, 11) is 1.72. The summed E-state index contributed by atoms with van der Waals surface area (Å²) in [6.45, 7) is 4.36. The normalized spacial score (nSPS) is 17.9. The Morgan fingerprint density at radius 3 is 2.78 bits per heavy atom. The van der Waals surface area contributed by atoms with E-state index in [9.17, 15) is 0 Å². The van der Waals surface area contributed by atoms with E-state index in [4.69, 9.17) is 10.5 Å². The molecule has 1 aliphatic rings. The summed E-state index contributed by atoms with van der Waals surface area (Å²) in [5.74, 6) is 1.47. The number of methoxy groups -OCH3 is 1. The van der Waals surface area contributed by atoms with Crippen LogP contribution >= 0.6 is 0 Å². The molecule has 0 radical (unpaired) electrons. The summed E-state index contributed by atoms with van der Waals surface area (Å²) in [5, 5.41) is 0. The van der Waals surface area contributed by atoms with E-state index >= 15 is 0 Å². The molecule has 1 aromatic carbocycles. The smallest absolute Gasteiger partial charge is 0.119 e. The fraction of sp³-hybridized carbons (Fsp3) is 0.600. The van der Waals surface area contributed by atoms with Gasteiger partial charge in [0.15, 0.2) is 0 Å². The number of likely N-dealkylation sites (tertiary alicyclic amines) is 1. The Labute approximate surface area is 110 Å². The number of rotatable bonds is 6. The first-order valence-corrected chi connectivity index (χ1v) is 6.90. The summed E-state index contributed by atoms with van der Waals surface area (Å²) in [6.07, 6.45) is 3.73. The van der Waals surface area contributed by atoms with Crippen molar-refractivity contribution in [2.45, 2.75) is 25.2 Å². The number of benzene rings is 1. The Hall–Kier alpha value is -1.06. The molecule has 1 atom stereocenters. The fourth-order valence-electron chi connectivity index (χ4n) is 2.74. The molecule has 0 saturated carbocycles. The van der Waals surface area contributed by atoms with Crippen LogP contribution in [0.5, 0.6) is 5.75 Å². The van der Waals surface area contributed by atoms with Gasteiger partial charge in [-0.15, -0.1) is 0 Å². The van der Waals surface area contributed by atoms with Crippen molar-refractivity contribution < 1.29 is 4.74 Å². The lowest BCUT2D eigenvalue weighted by atomic mass is 9.95. The van der Waals surface area contributed by atoms with Gasteiger partial charge in [-0.2, -0.15) is 0 Å². The summed E-state index contributed by atoms with van der Waals surface area (Å²) in [4.78, 5) is 2.56. The van der Waals surface area contributed by atoms with Crippen LogP contribution in [-0.2, 0) is 0 Å². The topological polar surface area (TPSA) is 38.5 Å². The molecule has 3 nitrogen and oxygen atoms in total. The molecule has 1 aromatic rings. The first-order valence-electron chi connectivity index (χ1n) is 6.90. The van der Waals surface area contributed by atoms with Crippen molar-refractivity contribution in [3.8, 4) is 5.75 Å². The highest BCUT2D eigenvalue weighted by Crippen LogP contribution is 2.25. The summed E-state index contributed by atoms with van der Waals surface area (Å²) in [6, 6.07) is 8.41. The van der Waals surface area contributed by atoms with Crippen molar-refractivity contribution in [3.05, 3.63) is 29.8 Å². The van der Waals surface area contributed by atoms with E-state index in [1.807, 2.05) is 6.07 Å². The standard InChI is InChI=1S/C15H24N2O/c1-18-15-6-4-5-13(11-15)14(7-8-16)12-17-9-2-3-10-17/h4-6,11,14H,2-3,7-10,12,16H2,1H3. The van der Waals surface area contributed by atoms with Crippen molar-refractivity contribution >= 4 is 0 Å². The van der Waals surface area contributed by atoms with Crippen molar-refractivity contribution in [2.24, 2.45) is 5.73 Å². The van der Waals surface area contributed by atoms with Gasteiger partial charge in [0.25, 0.3) is 0 Å². The molecule has 1 fully saturated rings. The molecule has 0 aliphatic carbocycles. The molecule has 0 aromatic heterocycles. The quantitative estimate of drug-likeness (QED) is 0.839. The molecule has 1 heterocycles. The lowest BCUT2D eigenvalue weighted by molar-refractivity contribution is 0.308. The lowest BCUT2D eigenvalue weighted by Crippen LogP contribution is -2.26. The third kappa shape index (κ3) is 3.47. The largest absolute Gasteiger partial charge is 0.497 e. The number of ether oxygens (including phenoxy) is 1. The Morgan fingerprint density at radius 1 is 1.33 bits per heavy atom. The average Bonchev–Trinajstić information content (AvgIpc) is 2.91. The van der Waals surface area contributed by atoms with E-state index in [-0.39, 0.29) is 0 Å². The Kier molecular flexibility index (Phi) is 5.02. The van der Waals surface area contributed by atoms with Crippen LogP contribution in [0, 0.1) is 0 Å². The Morgan fingerprint density at radius 2 is 2.11 bits per heavy atom. The number of hydrogen-bond donors (Lipinski definition) is 1. The molecule has 2 N–H and O–H groups in total. The zero-order chi connectivity index (χ0) is 12.8. The van der Waals surface area contributed by atoms with Gasteiger partial charge in [0.05, 0.1) is 7.11 Å². The minimum Gasteiger partial charge on any atom is -0.497 e. The van der Waals surface area contributed by atoms with Crippen LogP contribution in [0.4, 0.5) is 0 Å². The number of nitrogens with zero attached hydrogens (tertiary/aromatic N) is 1. The van der Waals surface area contributed by atoms with Crippen LogP contribution < -0.4 is 10.5 Å². The van der Waals surface area contributed by atoms with Crippen LogP contribution in [0.1, 0.15) is 30.7 Å². The molecule has 100 valence electrons. The zero-order valence-electron chi connectivity index (χ0n) is 11.3. The molecular weight excluding hydrogens is 224 g/mol. The second kappa shape index (κ2) is 6.76. The highest BCUT2D eigenvalue weighted by atomic mass is 16.5. The average molecular weight is 248 g/mol. The van der Waals surface area contributed by atoms with Gasteiger partial charge in [-0.25, -0.2) is 0 Å². The fourth-order valence-corrected chi connectivity index (χ4v) is 2.74. The molecule has 0 bridgehead atoms. The van der Waals surface area contributed by atoms with E-state index in [0.717, 1.165) is 25.3 Å². The molecular formula is C15H24N2O.